The molecule has 0 atom stereocenters. The molecule has 0 aliphatic heterocycles. The van der Waals surface area contributed by atoms with Crippen LogP contribution in [0, 0.1) is 0 Å². The van der Waals surface area contributed by atoms with Crippen molar-refractivity contribution < 1.29 is 4.79 Å². The molecule has 0 rings (SSSR count). The zero-order valence-electron chi connectivity index (χ0n) is 9.29. The molecule has 0 bridgehead atoms. The molecule has 0 saturated carbocycles. The summed E-state index contributed by atoms with van der Waals surface area (Å²) in [6.45, 7) is 6.14. The van der Waals surface area contributed by atoms with Gasteiger partial charge in [-0.15, -0.1) is 0 Å². The summed E-state index contributed by atoms with van der Waals surface area (Å²) in [4.78, 5) is 12.4. The lowest BCUT2D eigenvalue weighted by Crippen LogP contribution is -2.18. The van der Waals surface area contributed by atoms with Crippen LogP contribution in [0.5, 0.6) is 0 Å². The van der Waals surface area contributed by atoms with Gasteiger partial charge in [0.2, 0.25) is 6.41 Å². The summed E-state index contributed by atoms with van der Waals surface area (Å²) in [6.07, 6.45) is 7.56. The van der Waals surface area contributed by atoms with Gasteiger partial charge in [-0.2, -0.15) is 0 Å². The molecular formula is C11H20N2O. The van der Waals surface area contributed by atoms with E-state index in [0.717, 1.165) is 25.2 Å². The molecule has 1 amide bonds. The number of carbonyl (C=O) groups excluding carboxylic acids is 1. The molecular weight excluding hydrogens is 176 g/mol. The minimum absolute atomic E-state index is 0.692. The Morgan fingerprint density at radius 1 is 1.50 bits per heavy atom. The van der Waals surface area contributed by atoms with E-state index in [9.17, 15) is 4.79 Å². The van der Waals surface area contributed by atoms with Crippen LogP contribution in [0.2, 0.25) is 0 Å². The molecule has 1 N–H and O–H groups in total. The highest BCUT2D eigenvalue weighted by Gasteiger charge is 1.90. The zero-order chi connectivity index (χ0) is 10.8. The number of nitrogens with one attached hydrogen (secondary N) is 1. The molecule has 0 aliphatic rings. The highest BCUT2D eigenvalue weighted by atomic mass is 16.1. The molecule has 0 saturated heterocycles. The molecule has 0 aromatic carbocycles. The lowest BCUT2D eigenvalue weighted by atomic mass is 10.3. The fourth-order valence-corrected chi connectivity index (χ4v) is 0.959. The third-order valence-electron chi connectivity index (χ3n) is 2.05. The molecule has 0 fully saturated rings. The van der Waals surface area contributed by atoms with Crippen LogP contribution in [-0.4, -0.2) is 31.4 Å². The average molecular weight is 196 g/mol. The van der Waals surface area contributed by atoms with E-state index in [1.54, 1.807) is 0 Å². The van der Waals surface area contributed by atoms with Gasteiger partial charge in [0.15, 0.2) is 0 Å². The van der Waals surface area contributed by atoms with Gasteiger partial charge >= 0.3 is 0 Å². The monoisotopic (exact) mass is 196 g/mol. The second-order valence-electron chi connectivity index (χ2n) is 3.09. The Morgan fingerprint density at radius 2 is 2.21 bits per heavy atom. The lowest BCUT2D eigenvalue weighted by molar-refractivity contribution is -0.108. The zero-order valence-corrected chi connectivity index (χ0v) is 9.29. The van der Waals surface area contributed by atoms with Crippen LogP contribution >= 0.6 is 0 Å². The first-order valence-electron chi connectivity index (χ1n) is 4.96. The first-order valence-corrected chi connectivity index (χ1v) is 4.96. The first kappa shape index (κ1) is 12.9. The van der Waals surface area contributed by atoms with Crippen molar-refractivity contribution in [2.24, 2.45) is 0 Å². The van der Waals surface area contributed by atoms with Gasteiger partial charge in [0, 0.05) is 12.2 Å². The quantitative estimate of drug-likeness (QED) is 0.495. The van der Waals surface area contributed by atoms with Gasteiger partial charge in [-0.1, -0.05) is 19.1 Å². The van der Waals surface area contributed by atoms with Crippen molar-refractivity contribution in [2.45, 2.75) is 20.3 Å². The fraction of sp³-hybridized carbons (Fsp3) is 0.545. The van der Waals surface area contributed by atoms with Gasteiger partial charge in [0.25, 0.3) is 0 Å². The van der Waals surface area contributed by atoms with E-state index in [1.807, 2.05) is 19.1 Å². The van der Waals surface area contributed by atoms with Gasteiger partial charge in [0.05, 0.1) is 0 Å². The molecule has 3 nitrogen and oxygen atoms in total. The maximum absolute atomic E-state index is 10.2. The Hall–Kier alpha value is -1.09. The number of carbonyl (C=O) groups is 1. The van der Waals surface area contributed by atoms with Gasteiger partial charge in [-0.25, -0.2) is 0 Å². The second-order valence-corrected chi connectivity index (χ2v) is 3.09. The normalized spacial score (nSPS) is 12.4. The minimum Gasteiger partial charge on any atom is -0.329 e. The third-order valence-corrected chi connectivity index (χ3v) is 2.05. The van der Waals surface area contributed by atoms with E-state index >= 15 is 0 Å². The van der Waals surface area contributed by atoms with Crippen molar-refractivity contribution in [2.75, 3.05) is 20.1 Å². The summed E-state index contributed by atoms with van der Waals surface area (Å²) >= 11 is 0. The van der Waals surface area contributed by atoms with Crippen LogP contribution in [0.4, 0.5) is 0 Å². The summed E-state index contributed by atoms with van der Waals surface area (Å²) in [7, 11) is 2.09. The van der Waals surface area contributed by atoms with Crippen molar-refractivity contribution in [3.8, 4) is 0 Å². The van der Waals surface area contributed by atoms with Crippen LogP contribution in [-0.2, 0) is 4.79 Å². The Morgan fingerprint density at radius 3 is 2.71 bits per heavy atom. The number of amides is 1. The second kappa shape index (κ2) is 8.51. The molecule has 3 heteroatoms. The van der Waals surface area contributed by atoms with E-state index in [-0.39, 0.29) is 0 Å². The topological polar surface area (TPSA) is 32.3 Å². The Balaban J connectivity index is 3.75. The summed E-state index contributed by atoms with van der Waals surface area (Å²) in [6, 6.07) is 0. The predicted octanol–water partition coefficient (Wildman–Crippen LogP) is 1.53. The fourth-order valence-electron chi connectivity index (χ4n) is 0.959. The van der Waals surface area contributed by atoms with E-state index in [1.165, 1.54) is 0 Å². The predicted molar refractivity (Wildman–Crippen MR) is 59.9 cm³/mol. The summed E-state index contributed by atoms with van der Waals surface area (Å²) in [5, 5.41) is 2.61. The molecule has 14 heavy (non-hydrogen) atoms. The van der Waals surface area contributed by atoms with Crippen molar-refractivity contribution >= 4 is 6.41 Å². The molecule has 0 heterocycles. The SMILES string of the molecule is C/C=C(\C=C/CCN(C)CC)NC=O. The number of rotatable bonds is 7. The van der Waals surface area contributed by atoms with Crippen LogP contribution in [0.15, 0.2) is 23.9 Å². The maximum Gasteiger partial charge on any atom is 0.211 e. The standard InChI is InChI=1S/C11H20N2O/c1-4-11(12-10-14)8-6-7-9-13(3)5-2/h4,6,8,10H,5,7,9H2,1-3H3,(H,12,14)/b8-6-,11-4+. The summed E-state index contributed by atoms with van der Waals surface area (Å²) in [5.41, 5.74) is 0.846. The molecule has 0 aromatic heterocycles. The van der Waals surface area contributed by atoms with E-state index in [4.69, 9.17) is 0 Å². The number of hydrogen-bond acceptors (Lipinski definition) is 2. The molecule has 0 spiro atoms. The van der Waals surface area contributed by atoms with Crippen molar-refractivity contribution in [3.05, 3.63) is 23.9 Å². The number of hydrogen-bond donors (Lipinski definition) is 1. The third kappa shape index (κ3) is 6.43. The molecule has 0 aliphatic carbocycles. The van der Waals surface area contributed by atoms with Gasteiger partial charge in [0.1, 0.15) is 0 Å². The minimum atomic E-state index is 0.692. The largest absolute Gasteiger partial charge is 0.329 e. The highest BCUT2D eigenvalue weighted by molar-refractivity contribution is 5.51. The van der Waals surface area contributed by atoms with E-state index < -0.39 is 0 Å². The van der Waals surface area contributed by atoms with Crippen molar-refractivity contribution in [1.29, 1.82) is 0 Å². The van der Waals surface area contributed by atoms with Crippen LogP contribution in [0.1, 0.15) is 20.3 Å². The van der Waals surface area contributed by atoms with Crippen molar-refractivity contribution in [1.82, 2.24) is 10.2 Å². The average Bonchev–Trinajstić information content (AvgIpc) is 2.22. The summed E-state index contributed by atoms with van der Waals surface area (Å²) in [5.74, 6) is 0. The number of nitrogens with zero attached hydrogens (tertiary/aromatic N) is 1. The molecule has 0 radical (unpaired) electrons. The Labute approximate surface area is 86.5 Å². The maximum atomic E-state index is 10.2. The Bertz CT molecular complexity index is 209. The first-order chi connectivity index (χ1) is 6.74. The molecule has 0 aromatic rings. The lowest BCUT2D eigenvalue weighted by Gasteiger charge is -2.11. The van der Waals surface area contributed by atoms with Gasteiger partial charge in [-0.3, -0.25) is 4.79 Å². The number of allylic oxidation sites excluding steroid dienone is 2. The van der Waals surface area contributed by atoms with Crippen LogP contribution in [0.25, 0.3) is 0 Å². The van der Waals surface area contributed by atoms with Gasteiger partial charge in [-0.05, 0) is 33.0 Å². The van der Waals surface area contributed by atoms with Gasteiger partial charge < -0.3 is 10.2 Å². The molecule has 80 valence electrons. The van der Waals surface area contributed by atoms with E-state index in [2.05, 4.69) is 30.3 Å². The molecule has 0 unspecified atom stereocenters. The summed E-state index contributed by atoms with van der Waals surface area (Å²) < 4.78 is 0. The van der Waals surface area contributed by atoms with E-state index in [0.29, 0.717) is 6.41 Å². The highest BCUT2D eigenvalue weighted by Crippen LogP contribution is 1.94. The smallest absolute Gasteiger partial charge is 0.211 e. The van der Waals surface area contributed by atoms with Crippen LogP contribution in [0.3, 0.4) is 0 Å². The van der Waals surface area contributed by atoms with Crippen molar-refractivity contribution in [3.63, 3.8) is 0 Å². The Kier molecular flexibility index (Phi) is 7.84. The van der Waals surface area contributed by atoms with Crippen LogP contribution < -0.4 is 5.32 Å².